The average Bonchev–Trinajstić information content (AvgIpc) is 2.69. The molecule has 1 amide bonds. The lowest BCUT2D eigenvalue weighted by atomic mass is 10.0. The highest BCUT2D eigenvalue weighted by molar-refractivity contribution is 5.96. The van der Waals surface area contributed by atoms with E-state index in [2.05, 4.69) is 4.98 Å². The van der Waals surface area contributed by atoms with Crippen molar-refractivity contribution in [2.45, 2.75) is 32.4 Å². The lowest BCUT2D eigenvalue weighted by Gasteiger charge is -2.37. The summed E-state index contributed by atoms with van der Waals surface area (Å²) in [7, 11) is 3.68. The molecule has 1 aromatic carbocycles. The van der Waals surface area contributed by atoms with Gasteiger partial charge in [-0.15, -0.1) is 0 Å². The number of hydrogen-bond acceptors (Lipinski definition) is 6. The van der Waals surface area contributed by atoms with Gasteiger partial charge in [0.05, 0.1) is 0 Å². The van der Waals surface area contributed by atoms with E-state index in [1.54, 1.807) is 17.0 Å². The molecule has 1 N–H and O–H groups in total. The van der Waals surface area contributed by atoms with Crippen LogP contribution in [-0.2, 0) is 17.8 Å². The first-order chi connectivity index (χ1) is 14.2. The maximum Gasteiger partial charge on any atom is 0.296 e. The molecule has 8 nitrogen and oxygen atoms in total. The van der Waals surface area contributed by atoms with E-state index in [4.69, 9.17) is 0 Å². The summed E-state index contributed by atoms with van der Waals surface area (Å²) in [6.45, 7) is 2.38. The summed E-state index contributed by atoms with van der Waals surface area (Å²) < 4.78 is 14.4. The molecule has 0 bridgehead atoms. The van der Waals surface area contributed by atoms with Gasteiger partial charge in [-0.3, -0.25) is 19.0 Å². The van der Waals surface area contributed by atoms with Crippen molar-refractivity contribution in [1.82, 2.24) is 19.4 Å². The maximum atomic E-state index is 13.0. The number of likely N-dealkylation sites (N-methyl/N-ethyl adjacent to an activating group) is 1. The summed E-state index contributed by atoms with van der Waals surface area (Å²) in [6.07, 6.45) is 0.323. The number of aromatic nitrogens is 2. The molecule has 0 aliphatic carbocycles. The number of carbonyl (C=O) groups is 2. The van der Waals surface area contributed by atoms with Gasteiger partial charge in [-0.05, 0) is 38.2 Å². The summed E-state index contributed by atoms with van der Waals surface area (Å²) in [4.78, 5) is 45.4. The number of amides is 1. The molecule has 1 unspecified atom stereocenters. The first-order valence-electron chi connectivity index (χ1n) is 9.72. The lowest BCUT2D eigenvalue weighted by molar-refractivity contribution is -0.133. The van der Waals surface area contributed by atoms with Crippen molar-refractivity contribution in [3.63, 3.8) is 0 Å². The highest BCUT2D eigenvalue weighted by atomic mass is 19.1. The van der Waals surface area contributed by atoms with E-state index in [0.29, 0.717) is 19.5 Å². The van der Waals surface area contributed by atoms with Gasteiger partial charge in [0.25, 0.3) is 5.56 Å². The SMILES string of the molecule is CC(=O)N1CCn2c(nc(C(=O)CCc3ccc(F)cc3)c(O)c2=O)C1CN(C)C. The van der Waals surface area contributed by atoms with E-state index in [0.717, 1.165) is 5.56 Å². The van der Waals surface area contributed by atoms with Crippen LogP contribution in [0.15, 0.2) is 29.1 Å². The third-order valence-electron chi connectivity index (χ3n) is 5.17. The van der Waals surface area contributed by atoms with Gasteiger partial charge in [0.2, 0.25) is 11.7 Å². The van der Waals surface area contributed by atoms with Gasteiger partial charge in [0, 0.05) is 33.0 Å². The normalized spacial score (nSPS) is 15.9. The molecule has 9 heteroatoms. The third kappa shape index (κ3) is 4.40. The Morgan fingerprint density at radius 2 is 1.90 bits per heavy atom. The average molecular weight is 416 g/mol. The Morgan fingerprint density at radius 3 is 2.50 bits per heavy atom. The van der Waals surface area contributed by atoms with Crippen LogP contribution in [0.5, 0.6) is 5.75 Å². The van der Waals surface area contributed by atoms with E-state index in [1.165, 1.54) is 23.6 Å². The fourth-order valence-corrected chi connectivity index (χ4v) is 3.66. The number of halogens is 1. The Labute approximate surface area is 173 Å². The van der Waals surface area contributed by atoms with Gasteiger partial charge in [-0.25, -0.2) is 9.37 Å². The van der Waals surface area contributed by atoms with Crippen molar-refractivity contribution >= 4 is 11.7 Å². The van der Waals surface area contributed by atoms with Crippen molar-refractivity contribution in [3.8, 4) is 5.75 Å². The molecule has 160 valence electrons. The largest absolute Gasteiger partial charge is 0.501 e. The zero-order valence-corrected chi connectivity index (χ0v) is 17.3. The number of carbonyl (C=O) groups excluding carboxylic acids is 2. The van der Waals surface area contributed by atoms with Crippen LogP contribution in [0, 0.1) is 5.82 Å². The topological polar surface area (TPSA) is 95.7 Å². The van der Waals surface area contributed by atoms with E-state index >= 15 is 0 Å². The molecular formula is C21H25FN4O4. The molecule has 1 aliphatic heterocycles. The molecular weight excluding hydrogens is 391 g/mol. The minimum atomic E-state index is -0.683. The van der Waals surface area contributed by atoms with E-state index < -0.39 is 23.1 Å². The first kappa shape index (κ1) is 21.6. The van der Waals surface area contributed by atoms with Crippen LogP contribution >= 0.6 is 0 Å². The number of benzene rings is 1. The van der Waals surface area contributed by atoms with Crippen molar-refractivity contribution in [3.05, 3.63) is 57.5 Å². The van der Waals surface area contributed by atoms with Gasteiger partial charge in [0.1, 0.15) is 17.7 Å². The summed E-state index contributed by atoms with van der Waals surface area (Å²) >= 11 is 0. The van der Waals surface area contributed by atoms with E-state index in [1.807, 2.05) is 19.0 Å². The van der Waals surface area contributed by atoms with Crippen LogP contribution in [0.25, 0.3) is 0 Å². The lowest BCUT2D eigenvalue weighted by Crippen LogP contribution is -2.48. The number of aromatic hydroxyl groups is 1. The van der Waals surface area contributed by atoms with Gasteiger partial charge >= 0.3 is 0 Å². The van der Waals surface area contributed by atoms with Crippen molar-refractivity contribution in [1.29, 1.82) is 0 Å². The number of fused-ring (bicyclic) bond motifs is 1. The molecule has 3 rings (SSSR count). The smallest absolute Gasteiger partial charge is 0.296 e. The van der Waals surface area contributed by atoms with Crippen molar-refractivity contribution < 1.29 is 19.1 Å². The quantitative estimate of drug-likeness (QED) is 0.715. The molecule has 30 heavy (non-hydrogen) atoms. The Bertz CT molecular complexity index is 1020. The third-order valence-corrected chi connectivity index (χ3v) is 5.17. The Morgan fingerprint density at radius 1 is 1.23 bits per heavy atom. The summed E-state index contributed by atoms with van der Waals surface area (Å²) in [5.74, 6) is -1.39. The van der Waals surface area contributed by atoms with Crippen molar-refractivity contribution in [2.24, 2.45) is 0 Å². The van der Waals surface area contributed by atoms with Gasteiger partial charge in [-0.2, -0.15) is 0 Å². The second-order valence-corrected chi connectivity index (χ2v) is 7.66. The Balaban J connectivity index is 1.94. The molecule has 1 atom stereocenters. The molecule has 0 saturated heterocycles. The predicted molar refractivity (Wildman–Crippen MR) is 108 cm³/mol. The molecule has 0 fully saturated rings. The molecule has 0 radical (unpaired) electrons. The van der Waals surface area contributed by atoms with Gasteiger partial charge < -0.3 is 14.9 Å². The summed E-state index contributed by atoms with van der Waals surface area (Å²) in [6, 6.07) is 5.26. The Hall–Kier alpha value is -3.07. The Kier molecular flexibility index (Phi) is 6.31. The molecule has 0 saturated carbocycles. The zero-order valence-electron chi connectivity index (χ0n) is 17.3. The van der Waals surface area contributed by atoms with Gasteiger partial charge in [-0.1, -0.05) is 12.1 Å². The van der Waals surface area contributed by atoms with Crippen LogP contribution in [0.2, 0.25) is 0 Å². The zero-order chi connectivity index (χ0) is 22.0. The van der Waals surface area contributed by atoms with Crippen LogP contribution < -0.4 is 5.56 Å². The van der Waals surface area contributed by atoms with Crippen LogP contribution in [0.3, 0.4) is 0 Å². The number of nitrogens with zero attached hydrogens (tertiary/aromatic N) is 4. The maximum absolute atomic E-state index is 13.0. The van der Waals surface area contributed by atoms with Crippen LogP contribution in [-0.4, -0.2) is 63.3 Å². The monoisotopic (exact) mass is 416 g/mol. The first-order valence-corrected chi connectivity index (χ1v) is 9.72. The molecule has 2 heterocycles. The minimum absolute atomic E-state index is 0.00382. The summed E-state index contributed by atoms with van der Waals surface area (Å²) in [5, 5.41) is 10.3. The minimum Gasteiger partial charge on any atom is -0.501 e. The van der Waals surface area contributed by atoms with E-state index in [9.17, 15) is 23.9 Å². The number of Topliss-reactive ketones (excluding diaryl/α,β-unsaturated/α-hetero) is 1. The number of aryl methyl sites for hydroxylation is 1. The number of rotatable bonds is 6. The molecule has 1 aromatic heterocycles. The fraction of sp³-hybridized carbons (Fsp3) is 0.429. The molecule has 2 aromatic rings. The predicted octanol–water partition coefficient (Wildman–Crippen LogP) is 1.37. The molecule has 0 spiro atoms. The number of hydrogen-bond donors (Lipinski definition) is 1. The highest BCUT2D eigenvalue weighted by Crippen LogP contribution is 2.26. The summed E-state index contributed by atoms with van der Waals surface area (Å²) in [5.41, 5.74) is -0.216. The number of ketones is 1. The van der Waals surface area contributed by atoms with E-state index in [-0.39, 0.29) is 36.2 Å². The van der Waals surface area contributed by atoms with Crippen LogP contribution in [0.1, 0.15) is 41.3 Å². The second-order valence-electron chi connectivity index (χ2n) is 7.66. The molecule has 1 aliphatic rings. The van der Waals surface area contributed by atoms with Crippen molar-refractivity contribution in [2.75, 3.05) is 27.2 Å². The highest BCUT2D eigenvalue weighted by Gasteiger charge is 2.34. The fourth-order valence-electron chi connectivity index (χ4n) is 3.66. The standard InChI is InChI=1S/C21H25FN4O4/c1-13(27)25-10-11-26-20(16(25)12-24(2)3)23-18(19(29)21(26)30)17(28)9-6-14-4-7-15(22)8-5-14/h4-5,7-8,16,29H,6,9-12H2,1-3H3. The van der Waals surface area contributed by atoms with Gasteiger partial charge in [0.15, 0.2) is 11.5 Å². The second kappa shape index (κ2) is 8.74. The van der Waals surface area contributed by atoms with Crippen LogP contribution in [0.4, 0.5) is 4.39 Å².